The Balaban J connectivity index is 1.40. The fourth-order valence-corrected chi connectivity index (χ4v) is 3.06. The van der Waals surface area contributed by atoms with Gasteiger partial charge in [0.25, 0.3) is 5.91 Å². The van der Waals surface area contributed by atoms with E-state index < -0.39 is 17.3 Å². The minimum absolute atomic E-state index is 0.142. The van der Waals surface area contributed by atoms with Gasteiger partial charge in [0.15, 0.2) is 0 Å². The van der Waals surface area contributed by atoms with Crippen molar-refractivity contribution in [1.82, 2.24) is 9.78 Å². The van der Waals surface area contributed by atoms with Crippen molar-refractivity contribution in [2.75, 3.05) is 5.32 Å². The normalized spacial score (nSPS) is 18.2. The number of oxime groups is 1. The van der Waals surface area contributed by atoms with Crippen molar-refractivity contribution in [2.45, 2.75) is 25.5 Å². The molecule has 0 bridgehead atoms. The molecule has 0 fully saturated rings. The first-order valence-electron chi connectivity index (χ1n) is 9.01. The zero-order chi connectivity index (χ0) is 20.4. The summed E-state index contributed by atoms with van der Waals surface area (Å²) in [6.45, 7) is 2.03. The Kier molecular flexibility index (Phi) is 4.84. The van der Waals surface area contributed by atoms with Gasteiger partial charge >= 0.3 is 0 Å². The first kappa shape index (κ1) is 18.8. The van der Waals surface area contributed by atoms with Gasteiger partial charge in [-0.2, -0.15) is 5.10 Å². The van der Waals surface area contributed by atoms with Crippen LogP contribution >= 0.6 is 0 Å². The molecule has 1 aliphatic rings. The maximum Gasteiger partial charge on any atom is 0.271 e. The minimum atomic E-state index is -1.25. The highest BCUT2D eigenvalue weighted by atomic mass is 19.1. The van der Waals surface area contributed by atoms with E-state index >= 15 is 0 Å². The topological polar surface area (TPSA) is 68.5 Å². The zero-order valence-corrected chi connectivity index (χ0v) is 15.6. The van der Waals surface area contributed by atoms with Gasteiger partial charge in [0.05, 0.1) is 24.1 Å². The Morgan fingerprint density at radius 1 is 1.21 bits per heavy atom. The van der Waals surface area contributed by atoms with Crippen LogP contribution in [0.25, 0.3) is 0 Å². The van der Waals surface area contributed by atoms with Gasteiger partial charge < -0.3 is 10.2 Å². The monoisotopic (exact) mass is 396 g/mol. The molecule has 0 radical (unpaired) electrons. The number of carbonyl (C=O) groups excluding carboxylic acids is 1. The van der Waals surface area contributed by atoms with Crippen molar-refractivity contribution < 1.29 is 18.4 Å². The van der Waals surface area contributed by atoms with Crippen molar-refractivity contribution in [2.24, 2.45) is 5.16 Å². The molecule has 0 saturated heterocycles. The number of anilines is 1. The van der Waals surface area contributed by atoms with E-state index in [0.29, 0.717) is 23.5 Å². The Hall–Kier alpha value is -3.55. The van der Waals surface area contributed by atoms with E-state index in [1.165, 1.54) is 24.4 Å². The first-order valence-corrected chi connectivity index (χ1v) is 9.01. The van der Waals surface area contributed by atoms with E-state index in [1.807, 2.05) is 0 Å². The molecular weight excluding hydrogens is 378 g/mol. The van der Waals surface area contributed by atoms with Crippen LogP contribution in [0.5, 0.6) is 0 Å². The van der Waals surface area contributed by atoms with Crippen LogP contribution in [0.1, 0.15) is 24.5 Å². The molecular formula is C21H18F2N4O2. The van der Waals surface area contributed by atoms with Gasteiger partial charge in [-0.05, 0) is 30.7 Å². The number of aromatic nitrogens is 2. The average Bonchev–Trinajstić information content (AvgIpc) is 3.31. The van der Waals surface area contributed by atoms with Crippen LogP contribution in [-0.4, -0.2) is 27.0 Å². The zero-order valence-electron chi connectivity index (χ0n) is 15.6. The standard InChI is InChI=1S/C21H18F2N4O2/c1-21(10-19(26-29-21)17-4-2-3-5-18(17)23)20(28)25-16-11-24-27(13-16)12-14-6-8-15(22)9-7-14/h2-9,11,13H,10,12H2,1H3,(H,25,28)/t21-/m1/s1. The Morgan fingerprint density at radius 2 is 1.97 bits per heavy atom. The van der Waals surface area contributed by atoms with Crippen LogP contribution < -0.4 is 5.32 Å². The van der Waals surface area contributed by atoms with E-state index in [2.05, 4.69) is 15.6 Å². The van der Waals surface area contributed by atoms with Crippen LogP contribution in [0.4, 0.5) is 14.5 Å². The lowest BCUT2D eigenvalue weighted by Crippen LogP contribution is -2.40. The molecule has 1 aliphatic heterocycles. The summed E-state index contributed by atoms with van der Waals surface area (Å²) < 4.78 is 28.6. The van der Waals surface area contributed by atoms with Crippen LogP contribution in [0, 0.1) is 11.6 Å². The molecule has 1 aromatic heterocycles. The van der Waals surface area contributed by atoms with Crippen molar-refractivity contribution >= 4 is 17.3 Å². The fraction of sp³-hybridized carbons (Fsp3) is 0.190. The Morgan fingerprint density at radius 3 is 2.72 bits per heavy atom. The van der Waals surface area contributed by atoms with Gasteiger partial charge in [-0.15, -0.1) is 0 Å². The molecule has 29 heavy (non-hydrogen) atoms. The molecule has 0 aliphatic carbocycles. The third kappa shape index (κ3) is 4.01. The predicted octanol–water partition coefficient (Wildman–Crippen LogP) is 3.73. The van der Waals surface area contributed by atoms with E-state index in [9.17, 15) is 13.6 Å². The molecule has 1 amide bonds. The lowest BCUT2D eigenvalue weighted by atomic mass is 9.95. The number of rotatable bonds is 5. The van der Waals surface area contributed by atoms with Crippen LogP contribution in [-0.2, 0) is 16.2 Å². The maximum absolute atomic E-state index is 14.0. The van der Waals surface area contributed by atoms with Gasteiger partial charge in [0.2, 0.25) is 5.60 Å². The average molecular weight is 396 g/mol. The Labute approximate surface area is 165 Å². The van der Waals surface area contributed by atoms with Crippen molar-refractivity contribution in [1.29, 1.82) is 0 Å². The lowest BCUT2D eigenvalue weighted by molar-refractivity contribution is -0.135. The molecule has 148 valence electrons. The van der Waals surface area contributed by atoms with Gasteiger partial charge in [-0.1, -0.05) is 35.5 Å². The second kappa shape index (κ2) is 7.46. The lowest BCUT2D eigenvalue weighted by Gasteiger charge is -2.19. The molecule has 8 heteroatoms. The predicted molar refractivity (Wildman–Crippen MR) is 103 cm³/mol. The molecule has 2 aromatic carbocycles. The number of carbonyl (C=O) groups is 1. The highest BCUT2D eigenvalue weighted by molar-refractivity contribution is 6.07. The third-order valence-corrected chi connectivity index (χ3v) is 4.68. The minimum Gasteiger partial charge on any atom is -0.379 e. The van der Waals surface area contributed by atoms with Gasteiger partial charge in [-0.3, -0.25) is 9.48 Å². The number of hydrogen-bond donors (Lipinski definition) is 1. The molecule has 1 N–H and O–H groups in total. The van der Waals surface area contributed by atoms with Crippen LogP contribution in [0.15, 0.2) is 66.1 Å². The van der Waals surface area contributed by atoms with Crippen LogP contribution in [0.3, 0.4) is 0 Å². The summed E-state index contributed by atoms with van der Waals surface area (Å²) >= 11 is 0. The summed E-state index contributed by atoms with van der Waals surface area (Å²) in [7, 11) is 0. The molecule has 2 heterocycles. The highest BCUT2D eigenvalue weighted by Gasteiger charge is 2.42. The second-order valence-corrected chi connectivity index (χ2v) is 7.02. The largest absolute Gasteiger partial charge is 0.379 e. The second-order valence-electron chi connectivity index (χ2n) is 7.02. The summed E-state index contributed by atoms with van der Waals surface area (Å²) in [5, 5.41) is 10.9. The highest BCUT2D eigenvalue weighted by Crippen LogP contribution is 2.29. The van der Waals surface area contributed by atoms with Crippen molar-refractivity contribution in [3.05, 3.63) is 83.7 Å². The van der Waals surface area contributed by atoms with E-state index in [1.54, 1.807) is 48.1 Å². The number of amides is 1. The summed E-state index contributed by atoms with van der Waals surface area (Å²) in [5.41, 5.74) is 0.808. The van der Waals surface area contributed by atoms with Gasteiger partial charge in [-0.25, -0.2) is 8.78 Å². The Bertz CT molecular complexity index is 1080. The summed E-state index contributed by atoms with van der Waals surface area (Å²) in [4.78, 5) is 18.1. The summed E-state index contributed by atoms with van der Waals surface area (Å²) in [6.07, 6.45) is 3.32. The fourth-order valence-electron chi connectivity index (χ4n) is 3.06. The molecule has 0 saturated carbocycles. The molecule has 3 aromatic rings. The molecule has 0 unspecified atom stereocenters. The van der Waals surface area contributed by atoms with Crippen molar-refractivity contribution in [3.63, 3.8) is 0 Å². The van der Waals surface area contributed by atoms with E-state index in [4.69, 9.17) is 4.84 Å². The number of hydrogen-bond acceptors (Lipinski definition) is 4. The number of halogens is 2. The van der Waals surface area contributed by atoms with Crippen LogP contribution in [0.2, 0.25) is 0 Å². The molecule has 0 spiro atoms. The van der Waals surface area contributed by atoms with Gasteiger partial charge in [0.1, 0.15) is 11.6 Å². The van der Waals surface area contributed by atoms with E-state index in [-0.39, 0.29) is 12.2 Å². The number of nitrogens with one attached hydrogen (secondary N) is 1. The van der Waals surface area contributed by atoms with Gasteiger partial charge in [0, 0.05) is 18.2 Å². The van der Waals surface area contributed by atoms with Crippen molar-refractivity contribution in [3.8, 4) is 0 Å². The molecule has 6 nitrogen and oxygen atoms in total. The summed E-state index contributed by atoms with van der Waals surface area (Å²) in [6, 6.07) is 12.3. The number of nitrogens with zero attached hydrogens (tertiary/aromatic N) is 3. The quantitative estimate of drug-likeness (QED) is 0.715. The van der Waals surface area contributed by atoms with E-state index in [0.717, 1.165) is 5.56 Å². The maximum atomic E-state index is 14.0. The third-order valence-electron chi connectivity index (χ3n) is 4.68. The molecule has 1 atom stereocenters. The number of benzene rings is 2. The summed E-state index contributed by atoms with van der Waals surface area (Å²) in [5.74, 6) is -1.13. The smallest absolute Gasteiger partial charge is 0.271 e. The molecule has 4 rings (SSSR count). The first-order chi connectivity index (χ1) is 13.9. The SMILES string of the molecule is C[C@]1(C(=O)Nc2cnn(Cc3ccc(F)cc3)c2)CC(c2ccccc2F)=NO1.